The van der Waals surface area contributed by atoms with E-state index in [0.717, 1.165) is 16.2 Å². The number of benzene rings is 2. The van der Waals surface area contributed by atoms with Crippen LogP contribution < -0.4 is 0 Å². The van der Waals surface area contributed by atoms with E-state index in [-0.39, 0.29) is 23.8 Å². The molecule has 1 aliphatic rings. The number of amides is 1. The summed E-state index contributed by atoms with van der Waals surface area (Å²) < 4.78 is 42.4. The van der Waals surface area contributed by atoms with Crippen molar-refractivity contribution in [1.82, 2.24) is 14.3 Å². The van der Waals surface area contributed by atoms with Gasteiger partial charge in [-0.1, -0.05) is 37.3 Å². The number of sulfonamides is 1. The van der Waals surface area contributed by atoms with Gasteiger partial charge < -0.3 is 0 Å². The maximum absolute atomic E-state index is 13.8. The highest BCUT2D eigenvalue weighted by atomic mass is 32.2. The smallest absolute Gasteiger partial charge is 0.258 e. The SMILES string of the molecule is CCCN(CC(=O)N1N=C(c2cccs2)CC1c1ccc(F)cc1)S(=O)(=O)c1cccc2cnccc12. The van der Waals surface area contributed by atoms with E-state index in [1.54, 1.807) is 48.8 Å². The zero-order valence-electron chi connectivity index (χ0n) is 20.1. The summed E-state index contributed by atoms with van der Waals surface area (Å²) in [6, 6.07) is 16.0. The summed E-state index contributed by atoms with van der Waals surface area (Å²) in [6.45, 7) is 1.67. The van der Waals surface area contributed by atoms with Crippen molar-refractivity contribution in [2.24, 2.45) is 5.10 Å². The average Bonchev–Trinajstić information content (AvgIpc) is 3.59. The number of thiophene rings is 1. The van der Waals surface area contributed by atoms with Gasteiger partial charge in [-0.05, 0) is 47.7 Å². The molecular weight excluding hydrogens is 511 g/mol. The van der Waals surface area contributed by atoms with Crippen molar-refractivity contribution in [3.63, 3.8) is 0 Å². The maximum Gasteiger partial charge on any atom is 0.258 e. The molecule has 2 aromatic heterocycles. The second-order valence-corrected chi connectivity index (χ2v) is 11.6. The van der Waals surface area contributed by atoms with Gasteiger partial charge in [0.05, 0.1) is 28.1 Å². The number of pyridine rings is 1. The zero-order valence-corrected chi connectivity index (χ0v) is 21.8. The number of hydrogen-bond donors (Lipinski definition) is 0. The number of rotatable bonds is 8. The van der Waals surface area contributed by atoms with Gasteiger partial charge in [0.25, 0.3) is 5.91 Å². The standard InChI is InChI=1S/C27H25FN4O3S2/c1-2-14-31(37(34,35)26-7-3-5-20-17-29-13-12-22(20)26)18-27(33)32-24(19-8-10-21(28)11-9-19)16-23(30-32)25-6-4-15-36-25/h3-13,15,17,24H,2,14,16,18H2,1H3. The van der Waals surface area contributed by atoms with Crippen LogP contribution in [0.3, 0.4) is 0 Å². The van der Waals surface area contributed by atoms with Crippen molar-refractivity contribution < 1.29 is 17.6 Å². The van der Waals surface area contributed by atoms with Gasteiger partial charge in [0.1, 0.15) is 5.82 Å². The van der Waals surface area contributed by atoms with Crippen LogP contribution in [0.25, 0.3) is 10.8 Å². The lowest BCUT2D eigenvalue weighted by Crippen LogP contribution is -2.41. The molecule has 190 valence electrons. The van der Waals surface area contributed by atoms with E-state index in [0.29, 0.717) is 23.6 Å². The molecule has 10 heteroatoms. The van der Waals surface area contributed by atoms with E-state index >= 15 is 0 Å². The van der Waals surface area contributed by atoms with Gasteiger partial charge in [0, 0.05) is 36.1 Å². The highest BCUT2D eigenvalue weighted by molar-refractivity contribution is 7.89. The quantitative estimate of drug-likeness (QED) is 0.309. The molecule has 0 fully saturated rings. The summed E-state index contributed by atoms with van der Waals surface area (Å²) in [7, 11) is -4.00. The normalized spacial score (nSPS) is 15.9. The van der Waals surface area contributed by atoms with Crippen molar-refractivity contribution in [2.45, 2.75) is 30.7 Å². The molecule has 3 heterocycles. The summed E-state index contributed by atoms with van der Waals surface area (Å²) in [4.78, 5) is 18.8. The Hall–Kier alpha value is -3.47. The minimum atomic E-state index is -4.00. The number of hydrazone groups is 1. The molecule has 1 amide bonds. The van der Waals surface area contributed by atoms with Gasteiger partial charge in [-0.2, -0.15) is 9.41 Å². The van der Waals surface area contributed by atoms with Crippen molar-refractivity contribution in [2.75, 3.05) is 13.1 Å². The number of carbonyl (C=O) groups is 1. The third-order valence-electron chi connectivity index (χ3n) is 6.27. The zero-order chi connectivity index (χ0) is 26.0. The van der Waals surface area contributed by atoms with Crippen molar-refractivity contribution in [1.29, 1.82) is 0 Å². The van der Waals surface area contributed by atoms with Gasteiger partial charge >= 0.3 is 0 Å². The summed E-state index contributed by atoms with van der Waals surface area (Å²) in [6.07, 6.45) is 4.15. The number of carbonyl (C=O) groups excluding carboxylic acids is 1. The second kappa shape index (κ2) is 10.5. The van der Waals surface area contributed by atoms with Crippen LogP contribution in [0.1, 0.15) is 36.2 Å². The Morgan fingerprint density at radius 3 is 2.68 bits per heavy atom. The molecule has 0 saturated heterocycles. The number of aromatic nitrogens is 1. The van der Waals surface area contributed by atoms with E-state index in [1.807, 2.05) is 24.4 Å². The Morgan fingerprint density at radius 1 is 1.14 bits per heavy atom. The maximum atomic E-state index is 13.8. The first-order valence-electron chi connectivity index (χ1n) is 11.9. The van der Waals surface area contributed by atoms with E-state index in [2.05, 4.69) is 10.1 Å². The highest BCUT2D eigenvalue weighted by Gasteiger charge is 2.36. The first-order valence-corrected chi connectivity index (χ1v) is 14.2. The van der Waals surface area contributed by atoms with Crippen LogP contribution in [0.15, 0.2) is 88.4 Å². The van der Waals surface area contributed by atoms with Crippen LogP contribution in [-0.4, -0.2) is 47.4 Å². The average molecular weight is 537 g/mol. The lowest BCUT2D eigenvalue weighted by Gasteiger charge is -2.26. The Bertz CT molecular complexity index is 1550. The van der Waals surface area contributed by atoms with E-state index < -0.39 is 22.0 Å². The van der Waals surface area contributed by atoms with E-state index in [4.69, 9.17) is 0 Å². The molecule has 0 saturated carbocycles. The van der Waals surface area contributed by atoms with Crippen LogP contribution in [0.4, 0.5) is 4.39 Å². The Kier molecular flexibility index (Phi) is 7.14. The molecule has 37 heavy (non-hydrogen) atoms. The van der Waals surface area contributed by atoms with Gasteiger partial charge in [0.15, 0.2) is 0 Å². The van der Waals surface area contributed by atoms with Crippen LogP contribution in [-0.2, 0) is 14.8 Å². The molecular formula is C27H25FN4O3S2. The summed E-state index contributed by atoms with van der Waals surface area (Å²) in [5.74, 6) is -0.815. The van der Waals surface area contributed by atoms with Gasteiger partial charge in [-0.15, -0.1) is 11.3 Å². The minimum Gasteiger partial charge on any atom is -0.271 e. The van der Waals surface area contributed by atoms with Crippen molar-refractivity contribution >= 4 is 43.8 Å². The van der Waals surface area contributed by atoms with Gasteiger partial charge in [0.2, 0.25) is 10.0 Å². The van der Waals surface area contributed by atoms with Crippen LogP contribution in [0, 0.1) is 5.82 Å². The fourth-order valence-electron chi connectivity index (χ4n) is 4.49. The first kappa shape index (κ1) is 25.2. The molecule has 0 N–H and O–H groups in total. The van der Waals surface area contributed by atoms with Crippen LogP contribution >= 0.6 is 11.3 Å². The van der Waals surface area contributed by atoms with Crippen molar-refractivity contribution in [3.8, 4) is 0 Å². The molecule has 0 radical (unpaired) electrons. The lowest BCUT2D eigenvalue weighted by atomic mass is 10.0. The summed E-state index contributed by atoms with van der Waals surface area (Å²) in [5, 5.41) is 9.16. The minimum absolute atomic E-state index is 0.132. The molecule has 0 bridgehead atoms. The number of nitrogens with zero attached hydrogens (tertiary/aromatic N) is 4. The first-order chi connectivity index (χ1) is 17.9. The largest absolute Gasteiger partial charge is 0.271 e. The molecule has 1 unspecified atom stereocenters. The molecule has 0 spiro atoms. The third-order valence-corrected chi connectivity index (χ3v) is 9.09. The predicted octanol–water partition coefficient (Wildman–Crippen LogP) is 5.21. The molecule has 7 nitrogen and oxygen atoms in total. The summed E-state index contributed by atoms with van der Waals surface area (Å²) in [5.41, 5.74) is 1.47. The van der Waals surface area contributed by atoms with Crippen LogP contribution in [0.5, 0.6) is 0 Å². The summed E-state index contributed by atoms with van der Waals surface area (Å²) >= 11 is 1.52. The number of halogens is 1. The predicted molar refractivity (Wildman–Crippen MR) is 142 cm³/mol. The fourth-order valence-corrected chi connectivity index (χ4v) is 6.91. The van der Waals surface area contributed by atoms with E-state index in [1.165, 1.54) is 32.8 Å². The van der Waals surface area contributed by atoms with Crippen LogP contribution in [0.2, 0.25) is 0 Å². The molecule has 5 rings (SSSR count). The fraction of sp³-hybridized carbons (Fsp3) is 0.222. The third kappa shape index (κ3) is 5.04. The lowest BCUT2D eigenvalue weighted by molar-refractivity contribution is -0.133. The Balaban J connectivity index is 1.48. The molecule has 1 aliphatic heterocycles. The number of fused-ring (bicyclic) bond motifs is 1. The highest BCUT2D eigenvalue weighted by Crippen LogP contribution is 2.34. The van der Waals surface area contributed by atoms with Crippen molar-refractivity contribution in [3.05, 3.63) is 94.7 Å². The van der Waals surface area contributed by atoms with Gasteiger partial charge in [-0.3, -0.25) is 9.78 Å². The topological polar surface area (TPSA) is 82.9 Å². The monoisotopic (exact) mass is 536 g/mol. The van der Waals surface area contributed by atoms with E-state index in [9.17, 15) is 17.6 Å². The number of hydrogen-bond acceptors (Lipinski definition) is 6. The molecule has 1 atom stereocenters. The van der Waals surface area contributed by atoms with Gasteiger partial charge in [-0.25, -0.2) is 17.8 Å². The molecule has 4 aromatic rings. The molecule has 0 aliphatic carbocycles. The molecule has 2 aromatic carbocycles. The Morgan fingerprint density at radius 2 is 1.95 bits per heavy atom. The second-order valence-electron chi connectivity index (χ2n) is 8.73. The Labute approximate surface area is 218 Å².